The molecule has 0 saturated carbocycles. The molecule has 1 heterocycles. The van der Waals surface area contributed by atoms with Gasteiger partial charge in [-0.3, -0.25) is 10.1 Å². The van der Waals surface area contributed by atoms with Gasteiger partial charge in [0.2, 0.25) is 0 Å². The molecule has 0 aliphatic rings. The summed E-state index contributed by atoms with van der Waals surface area (Å²) in [6, 6.07) is 4.49. The van der Waals surface area contributed by atoms with Crippen LogP contribution in [0.1, 0.15) is 5.82 Å². The van der Waals surface area contributed by atoms with Gasteiger partial charge in [-0.15, -0.1) is 0 Å². The third kappa shape index (κ3) is 2.73. The van der Waals surface area contributed by atoms with Crippen molar-refractivity contribution in [2.24, 2.45) is 0 Å². The van der Waals surface area contributed by atoms with Gasteiger partial charge >= 0.3 is 0 Å². The van der Waals surface area contributed by atoms with Crippen molar-refractivity contribution in [1.29, 1.82) is 0 Å². The quantitative estimate of drug-likeness (QED) is 0.647. The second kappa shape index (κ2) is 4.84. The van der Waals surface area contributed by atoms with Crippen LogP contribution in [0.15, 0.2) is 30.6 Å². The first-order chi connectivity index (χ1) is 8.16. The lowest BCUT2D eigenvalue weighted by molar-refractivity contribution is -0.384. The Morgan fingerprint density at radius 3 is 2.94 bits per heavy atom. The van der Waals surface area contributed by atoms with Crippen molar-refractivity contribution < 1.29 is 4.92 Å². The predicted octanol–water partition coefficient (Wildman–Crippen LogP) is 2.58. The Balaban J connectivity index is 2.07. The van der Waals surface area contributed by atoms with Gasteiger partial charge in [0.05, 0.1) is 11.5 Å². The zero-order valence-corrected chi connectivity index (χ0v) is 9.44. The second-order valence-corrected chi connectivity index (χ2v) is 3.72. The van der Waals surface area contributed by atoms with Crippen LogP contribution in [0.3, 0.4) is 0 Å². The summed E-state index contributed by atoms with van der Waals surface area (Å²) in [4.78, 5) is 17.0. The lowest BCUT2D eigenvalue weighted by Gasteiger charge is -2.04. The number of nitrogens with one attached hydrogen (secondary N) is 2. The molecule has 88 valence electrons. The number of aromatic amines is 1. The van der Waals surface area contributed by atoms with E-state index in [0.717, 1.165) is 5.82 Å². The third-order valence-electron chi connectivity index (χ3n) is 2.16. The number of nitro benzene ring substituents is 1. The van der Waals surface area contributed by atoms with Crippen LogP contribution in [0.5, 0.6) is 0 Å². The molecule has 2 N–H and O–H groups in total. The van der Waals surface area contributed by atoms with Crippen molar-refractivity contribution in [1.82, 2.24) is 9.97 Å². The van der Waals surface area contributed by atoms with E-state index in [1.807, 2.05) is 0 Å². The molecule has 0 unspecified atom stereocenters. The predicted molar refractivity (Wildman–Crippen MR) is 64.0 cm³/mol. The van der Waals surface area contributed by atoms with Crippen LogP contribution < -0.4 is 5.32 Å². The third-order valence-corrected chi connectivity index (χ3v) is 2.46. The van der Waals surface area contributed by atoms with Crippen LogP contribution in [0.25, 0.3) is 0 Å². The maximum absolute atomic E-state index is 10.6. The number of halogens is 1. The smallest absolute Gasteiger partial charge is 0.288 e. The molecule has 6 nitrogen and oxygen atoms in total. The molecule has 0 radical (unpaired) electrons. The average Bonchev–Trinajstić information content (AvgIpc) is 2.78. The highest BCUT2D eigenvalue weighted by molar-refractivity contribution is 6.32. The number of anilines is 1. The molecule has 0 saturated heterocycles. The second-order valence-electron chi connectivity index (χ2n) is 3.31. The first-order valence-electron chi connectivity index (χ1n) is 4.83. The summed E-state index contributed by atoms with van der Waals surface area (Å²) in [6.07, 6.45) is 3.37. The van der Waals surface area contributed by atoms with Gasteiger partial charge in [-0.25, -0.2) is 4.98 Å². The summed E-state index contributed by atoms with van der Waals surface area (Å²) in [7, 11) is 0. The average molecular weight is 253 g/mol. The molecule has 0 spiro atoms. The van der Waals surface area contributed by atoms with Gasteiger partial charge < -0.3 is 10.3 Å². The first kappa shape index (κ1) is 11.4. The summed E-state index contributed by atoms with van der Waals surface area (Å²) in [5.74, 6) is 0.777. The van der Waals surface area contributed by atoms with Crippen molar-refractivity contribution in [2.45, 2.75) is 6.54 Å². The highest BCUT2D eigenvalue weighted by Crippen LogP contribution is 2.27. The molecule has 1 aromatic heterocycles. The molecule has 0 bridgehead atoms. The molecule has 0 amide bonds. The highest BCUT2D eigenvalue weighted by Gasteiger charge is 2.11. The monoisotopic (exact) mass is 252 g/mol. The fourth-order valence-electron chi connectivity index (χ4n) is 1.35. The maximum Gasteiger partial charge on any atom is 0.288 e. The molecule has 0 atom stereocenters. The summed E-state index contributed by atoms with van der Waals surface area (Å²) < 4.78 is 0. The number of nitrogens with zero attached hydrogens (tertiary/aromatic N) is 2. The molecular weight excluding hydrogens is 244 g/mol. The Morgan fingerprint density at radius 1 is 1.53 bits per heavy atom. The van der Waals surface area contributed by atoms with Crippen molar-refractivity contribution in [2.75, 3.05) is 5.32 Å². The van der Waals surface area contributed by atoms with Gasteiger partial charge in [-0.2, -0.15) is 0 Å². The summed E-state index contributed by atoms with van der Waals surface area (Å²) in [5, 5.41) is 13.7. The van der Waals surface area contributed by atoms with Crippen LogP contribution in [-0.2, 0) is 6.54 Å². The number of aromatic nitrogens is 2. The number of imidazole rings is 1. The van der Waals surface area contributed by atoms with Gasteiger partial charge in [-0.05, 0) is 12.1 Å². The van der Waals surface area contributed by atoms with Crippen molar-refractivity contribution in [3.05, 3.63) is 51.6 Å². The van der Waals surface area contributed by atoms with Crippen LogP contribution in [0, 0.1) is 10.1 Å². The summed E-state index contributed by atoms with van der Waals surface area (Å²) in [6.45, 7) is 0.501. The number of rotatable bonds is 4. The van der Waals surface area contributed by atoms with Gasteiger partial charge in [-0.1, -0.05) is 11.6 Å². The Kier molecular flexibility index (Phi) is 3.24. The molecule has 2 aromatic rings. The Morgan fingerprint density at radius 2 is 2.35 bits per heavy atom. The summed E-state index contributed by atoms with van der Waals surface area (Å²) >= 11 is 5.78. The molecule has 0 aliphatic heterocycles. The number of hydrogen-bond donors (Lipinski definition) is 2. The zero-order chi connectivity index (χ0) is 12.3. The molecule has 0 fully saturated rings. The standard InChI is InChI=1S/C10H9ClN4O2/c11-8-5-7(1-2-9(8)15(16)17)14-6-10-12-3-4-13-10/h1-5,14H,6H2,(H,12,13). The molecule has 1 aromatic carbocycles. The Labute approximate surface area is 102 Å². The number of H-pyrrole nitrogens is 1. The van der Waals surface area contributed by atoms with E-state index < -0.39 is 4.92 Å². The Bertz CT molecular complexity index is 527. The fourth-order valence-corrected chi connectivity index (χ4v) is 1.59. The first-order valence-corrected chi connectivity index (χ1v) is 5.20. The van der Waals surface area contributed by atoms with Gasteiger partial charge in [0.25, 0.3) is 5.69 Å². The van der Waals surface area contributed by atoms with E-state index in [9.17, 15) is 10.1 Å². The minimum absolute atomic E-state index is 0.102. The van der Waals surface area contributed by atoms with E-state index in [2.05, 4.69) is 15.3 Å². The van der Waals surface area contributed by atoms with Crippen molar-refractivity contribution in [3.8, 4) is 0 Å². The van der Waals surface area contributed by atoms with Crippen LogP contribution in [-0.4, -0.2) is 14.9 Å². The van der Waals surface area contributed by atoms with Crippen LogP contribution in [0.4, 0.5) is 11.4 Å². The van der Waals surface area contributed by atoms with Crippen molar-refractivity contribution in [3.63, 3.8) is 0 Å². The number of hydrogen-bond acceptors (Lipinski definition) is 4. The normalized spacial score (nSPS) is 10.2. The number of benzene rings is 1. The van der Waals surface area contributed by atoms with Crippen molar-refractivity contribution >= 4 is 23.0 Å². The Hall–Kier alpha value is -2.08. The van der Waals surface area contributed by atoms with E-state index in [4.69, 9.17) is 11.6 Å². The SMILES string of the molecule is O=[N+]([O-])c1ccc(NCc2ncc[nH]2)cc1Cl. The minimum atomic E-state index is -0.515. The van der Waals surface area contributed by atoms with E-state index >= 15 is 0 Å². The van der Waals surface area contributed by atoms with Crippen LogP contribution >= 0.6 is 11.6 Å². The molecule has 2 rings (SSSR count). The zero-order valence-electron chi connectivity index (χ0n) is 8.68. The maximum atomic E-state index is 10.6. The van der Waals surface area contributed by atoms with Gasteiger partial charge in [0.15, 0.2) is 0 Å². The molecule has 7 heteroatoms. The highest BCUT2D eigenvalue weighted by atomic mass is 35.5. The molecular formula is C10H9ClN4O2. The molecule has 0 aliphatic carbocycles. The fraction of sp³-hybridized carbons (Fsp3) is 0.100. The minimum Gasteiger partial charge on any atom is -0.378 e. The molecule has 17 heavy (non-hydrogen) atoms. The lowest BCUT2D eigenvalue weighted by atomic mass is 10.3. The van der Waals surface area contributed by atoms with E-state index in [1.54, 1.807) is 18.5 Å². The van der Waals surface area contributed by atoms with E-state index in [0.29, 0.717) is 12.2 Å². The number of nitro groups is 1. The summed E-state index contributed by atoms with van der Waals surface area (Å²) in [5.41, 5.74) is 0.604. The topological polar surface area (TPSA) is 83.8 Å². The van der Waals surface area contributed by atoms with Gasteiger partial charge in [0.1, 0.15) is 10.8 Å². The lowest BCUT2D eigenvalue weighted by Crippen LogP contribution is -2.01. The van der Waals surface area contributed by atoms with Gasteiger partial charge in [0, 0.05) is 24.1 Å². The van der Waals surface area contributed by atoms with Crippen LogP contribution in [0.2, 0.25) is 5.02 Å². The van der Waals surface area contributed by atoms with E-state index in [-0.39, 0.29) is 10.7 Å². The van der Waals surface area contributed by atoms with E-state index in [1.165, 1.54) is 12.1 Å². The largest absolute Gasteiger partial charge is 0.378 e.